The van der Waals surface area contributed by atoms with Gasteiger partial charge in [0.2, 0.25) is 0 Å². The lowest BCUT2D eigenvalue weighted by Gasteiger charge is -2.10. The van der Waals surface area contributed by atoms with Gasteiger partial charge in [-0.25, -0.2) is 0 Å². The van der Waals surface area contributed by atoms with Crippen LogP contribution in [0.25, 0.3) is 0 Å². The van der Waals surface area contributed by atoms with Crippen molar-refractivity contribution >= 4 is 5.84 Å². The van der Waals surface area contributed by atoms with Crippen molar-refractivity contribution < 1.29 is 14.7 Å². The molecule has 0 amide bonds. The zero-order valence-electron chi connectivity index (χ0n) is 11.9. The first kappa shape index (κ1) is 14.6. The summed E-state index contributed by atoms with van der Waals surface area (Å²) >= 11 is 0. The Bertz CT molecular complexity index is 656. The van der Waals surface area contributed by atoms with Crippen molar-refractivity contribution in [3.05, 3.63) is 53.3 Å². The van der Waals surface area contributed by atoms with Crippen molar-refractivity contribution in [3.63, 3.8) is 0 Å². The second-order valence-corrected chi connectivity index (χ2v) is 4.44. The Labute approximate surface area is 122 Å². The molecule has 2 rings (SSSR count). The predicted octanol–water partition coefficient (Wildman–Crippen LogP) is 2.07. The molecule has 6 heteroatoms. The van der Waals surface area contributed by atoms with Crippen LogP contribution >= 0.6 is 0 Å². The van der Waals surface area contributed by atoms with E-state index in [0.717, 1.165) is 11.4 Å². The van der Waals surface area contributed by atoms with Gasteiger partial charge in [-0.2, -0.15) is 0 Å². The van der Waals surface area contributed by atoms with Gasteiger partial charge in [0, 0.05) is 17.3 Å². The number of hydrogen-bond donors (Lipinski definition) is 2. The summed E-state index contributed by atoms with van der Waals surface area (Å²) in [5, 5.41) is 11.7. The van der Waals surface area contributed by atoms with E-state index < -0.39 is 0 Å². The number of aromatic nitrogens is 1. The molecule has 0 saturated carbocycles. The standard InChI is InChI=1S/C15H17N3O3/c1-10-4-3-5-12(17-10)9-21-14-7-11(15(16)18-19)6-13(8-14)20-2/h3-8,19H,9H2,1-2H3,(H2,16,18). The fourth-order valence-corrected chi connectivity index (χ4v) is 1.82. The third-order valence-corrected chi connectivity index (χ3v) is 2.85. The smallest absolute Gasteiger partial charge is 0.170 e. The molecule has 6 nitrogen and oxygen atoms in total. The normalized spacial score (nSPS) is 11.2. The van der Waals surface area contributed by atoms with Crippen LogP contribution in [0, 0.1) is 6.92 Å². The third-order valence-electron chi connectivity index (χ3n) is 2.85. The lowest BCUT2D eigenvalue weighted by molar-refractivity contribution is 0.298. The Balaban J connectivity index is 2.19. The first-order chi connectivity index (χ1) is 10.1. The second kappa shape index (κ2) is 6.60. The van der Waals surface area contributed by atoms with Gasteiger partial charge in [0.15, 0.2) is 5.84 Å². The maximum absolute atomic E-state index is 8.75. The molecule has 3 N–H and O–H groups in total. The maximum atomic E-state index is 8.75. The Morgan fingerprint density at radius 3 is 2.71 bits per heavy atom. The van der Waals surface area contributed by atoms with Crippen molar-refractivity contribution in [2.75, 3.05) is 7.11 Å². The molecule has 0 aliphatic heterocycles. The maximum Gasteiger partial charge on any atom is 0.170 e. The van der Waals surface area contributed by atoms with Crippen molar-refractivity contribution in [2.45, 2.75) is 13.5 Å². The monoisotopic (exact) mass is 287 g/mol. The van der Waals surface area contributed by atoms with Gasteiger partial charge >= 0.3 is 0 Å². The average molecular weight is 287 g/mol. The van der Waals surface area contributed by atoms with Crippen LogP contribution in [0.4, 0.5) is 0 Å². The molecule has 0 spiro atoms. The highest BCUT2D eigenvalue weighted by atomic mass is 16.5. The number of ether oxygens (including phenoxy) is 2. The Kier molecular flexibility index (Phi) is 4.61. The molecule has 0 saturated heterocycles. The summed E-state index contributed by atoms with van der Waals surface area (Å²) in [7, 11) is 1.54. The van der Waals surface area contributed by atoms with Crippen LogP contribution < -0.4 is 15.2 Å². The first-order valence-electron chi connectivity index (χ1n) is 6.34. The van der Waals surface area contributed by atoms with Crippen LogP contribution in [-0.4, -0.2) is 23.1 Å². The molecule has 1 aromatic carbocycles. The van der Waals surface area contributed by atoms with E-state index in [1.807, 2.05) is 25.1 Å². The zero-order valence-corrected chi connectivity index (χ0v) is 11.9. The summed E-state index contributed by atoms with van der Waals surface area (Å²) in [4.78, 5) is 4.36. The van der Waals surface area contributed by atoms with Gasteiger partial charge in [-0.3, -0.25) is 4.98 Å². The highest BCUT2D eigenvalue weighted by Crippen LogP contribution is 2.23. The van der Waals surface area contributed by atoms with Crippen molar-refractivity contribution in [1.82, 2.24) is 4.98 Å². The molecule has 110 valence electrons. The van der Waals surface area contributed by atoms with Crippen molar-refractivity contribution in [1.29, 1.82) is 0 Å². The van der Waals surface area contributed by atoms with E-state index in [-0.39, 0.29) is 5.84 Å². The van der Waals surface area contributed by atoms with Gasteiger partial charge in [0.1, 0.15) is 18.1 Å². The molecule has 0 unspecified atom stereocenters. The molecule has 1 aromatic heterocycles. The predicted molar refractivity (Wildman–Crippen MR) is 78.8 cm³/mol. The van der Waals surface area contributed by atoms with Gasteiger partial charge < -0.3 is 20.4 Å². The number of hydrogen-bond acceptors (Lipinski definition) is 5. The molecule has 0 fully saturated rings. The van der Waals surface area contributed by atoms with Crippen LogP contribution in [0.15, 0.2) is 41.6 Å². The van der Waals surface area contributed by atoms with Crippen LogP contribution in [-0.2, 0) is 6.61 Å². The summed E-state index contributed by atoms with van der Waals surface area (Å²) in [6, 6.07) is 10.8. The number of benzene rings is 1. The van der Waals surface area contributed by atoms with Gasteiger partial charge in [-0.15, -0.1) is 0 Å². The Morgan fingerprint density at radius 1 is 1.29 bits per heavy atom. The highest BCUT2D eigenvalue weighted by Gasteiger charge is 2.07. The summed E-state index contributed by atoms with van der Waals surface area (Å²) in [5.74, 6) is 1.11. The number of amidine groups is 1. The van der Waals surface area contributed by atoms with Crippen LogP contribution in [0.2, 0.25) is 0 Å². The molecule has 0 aliphatic carbocycles. The van der Waals surface area contributed by atoms with Gasteiger partial charge in [0.25, 0.3) is 0 Å². The minimum atomic E-state index is -0.00701. The van der Waals surface area contributed by atoms with E-state index in [4.69, 9.17) is 20.4 Å². The SMILES string of the molecule is COc1cc(OCc2cccc(C)n2)cc(/C(N)=N/O)c1. The molecule has 0 atom stereocenters. The Hall–Kier alpha value is -2.76. The summed E-state index contributed by atoms with van der Waals surface area (Å²) < 4.78 is 10.9. The van der Waals surface area contributed by atoms with Crippen molar-refractivity contribution in [3.8, 4) is 11.5 Å². The number of methoxy groups -OCH3 is 1. The number of nitrogens with zero attached hydrogens (tertiary/aromatic N) is 2. The fraction of sp³-hybridized carbons (Fsp3) is 0.200. The number of oxime groups is 1. The molecule has 1 heterocycles. The quantitative estimate of drug-likeness (QED) is 0.380. The lowest BCUT2D eigenvalue weighted by Crippen LogP contribution is -2.13. The number of rotatable bonds is 5. The van der Waals surface area contributed by atoms with Crippen molar-refractivity contribution in [2.24, 2.45) is 10.9 Å². The molecule has 0 bridgehead atoms. The minimum absolute atomic E-state index is 0.00701. The van der Waals surface area contributed by atoms with Gasteiger partial charge in [-0.05, 0) is 31.2 Å². The third kappa shape index (κ3) is 3.85. The molecular weight excluding hydrogens is 270 g/mol. The van der Waals surface area contributed by atoms with E-state index in [1.165, 1.54) is 7.11 Å². The minimum Gasteiger partial charge on any atom is -0.497 e. The summed E-state index contributed by atoms with van der Waals surface area (Å²) in [6.45, 7) is 2.25. The largest absolute Gasteiger partial charge is 0.497 e. The average Bonchev–Trinajstić information content (AvgIpc) is 2.51. The van der Waals surface area contributed by atoms with E-state index in [0.29, 0.717) is 23.7 Å². The zero-order chi connectivity index (χ0) is 15.2. The van der Waals surface area contributed by atoms with E-state index in [9.17, 15) is 0 Å². The number of nitrogens with two attached hydrogens (primary N) is 1. The van der Waals surface area contributed by atoms with Crippen LogP contribution in [0.3, 0.4) is 0 Å². The van der Waals surface area contributed by atoms with E-state index in [2.05, 4.69) is 10.1 Å². The summed E-state index contributed by atoms with van der Waals surface area (Å²) in [5.41, 5.74) is 7.86. The molecular formula is C15H17N3O3. The molecule has 2 aromatic rings. The fourth-order valence-electron chi connectivity index (χ4n) is 1.82. The molecule has 21 heavy (non-hydrogen) atoms. The van der Waals surface area contributed by atoms with Gasteiger partial charge in [-0.1, -0.05) is 11.2 Å². The lowest BCUT2D eigenvalue weighted by atomic mass is 10.2. The molecule has 0 radical (unpaired) electrons. The van der Waals surface area contributed by atoms with E-state index >= 15 is 0 Å². The van der Waals surface area contributed by atoms with E-state index in [1.54, 1.807) is 18.2 Å². The first-order valence-corrected chi connectivity index (χ1v) is 6.34. The summed E-state index contributed by atoms with van der Waals surface area (Å²) in [6.07, 6.45) is 0. The van der Waals surface area contributed by atoms with Crippen LogP contribution in [0.1, 0.15) is 17.0 Å². The number of pyridine rings is 1. The number of aryl methyl sites for hydroxylation is 1. The Morgan fingerprint density at radius 2 is 2.05 bits per heavy atom. The van der Waals surface area contributed by atoms with Crippen LogP contribution in [0.5, 0.6) is 11.5 Å². The second-order valence-electron chi connectivity index (χ2n) is 4.44. The topological polar surface area (TPSA) is 90.0 Å². The molecule has 0 aliphatic rings. The van der Waals surface area contributed by atoms with Gasteiger partial charge in [0.05, 0.1) is 12.8 Å². The highest BCUT2D eigenvalue weighted by molar-refractivity contribution is 5.97.